The predicted octanol–water partition coefficient (Wildman–Crippen LogP) is 1.06. The average molecular weight is 144 g/mol. The molecule has 2 nitrogen and oxygen atoms in total. The zero-order valence-corrected chi connectivity index (χ0v) is 6.51. The largest absolute Gasteiger partial charge is 0.390 e. The van der Waals surface area contributed by atoms with E-state index in [-0.39, 0.29) is 0 Å². The lowest BCUT2D eigenvalue weighted by atomic mass is 9.80. The van der Waals surface area contributed by atoms with E-state index in [1.807, 2.05) is 6.92 Å². The normalized spacial score (nSPS) is 41.7. The minimum Gasteiger partial charge on any atom is -0.390 e. The second kappa shape index (κ2) is 2.89. The van der Waals surface area contributed by atoms with Crippen LogP contribution in [0.15, 0.2) is 0 Å². The van der Waals surface area contributed by atoms with Gasteiger partial charge in [0.1, 0.15) is 0 Å². The zero-order valence-electron chi connectivity index (χ0n) is 6.51. The molecule has 0 saturated heterocycles. The predicted molar refractivity (Wildman–Crippen MR) is 39.7 cm³/mol. The summed E-state index contributed by atoms with van der Waals surface area (Å²) in [6.45, 7) is 1.93. The molecule has 0 aromatic rings. The molecule has 60 valence electrons. The molecule has 1 saturated carbocycles. The van der Waals surface area contributed by atoms with Crippen LogP contribution in [-0.4, -0.2) is 21.9 Å². The summed E-state index contributed by atoms with van der Waals surface area (Å²) in [7, 11) is 0. The minimum absolute atomic E-state index is 0.480. The van der Waals surface area contributed by atoms with Crippen molar-refractivity contribution < 1.29 is 10.2 Å². The van der Waals surface area contributed by atoms with Crippen molar-refractivity contribution in [1.29, 1.82) is 0 Å². The fraction of sp³-hybridized carbons (Fsp3) is 1.00. The van der Waals surface area contributed by atoms with E-state index in [9.17, 15) is 10.2 Å². The molecular weight excluding hydrogens is 128 g/mol. The van der Waals surface area contributed by atoms with Crippen molar-refractivity contribution in [2.24, 2.45) is 0 Å². The van der Waals surface area contributed by atoms with Gasteiger partial charge in [-0.3, -0.25) is 0 Å². The van der Waals surface area contributed by atoms with E-state index in [0.717, 1.165) is 25.7 Å². The standard InChI is InChI=1S/C8H16O2/c1-2-8(10)6-4-3-5-7(8)9/h7,9-10H,2-6H2,1H3/t7?,8-/m1/s1. The lowest BCUT2D eigenvalue weighted by Gasteiger charge is -2.35. The van der Waals surface area contributed by atoms with Crippen molar-refractivity contribution in [1.82, 2.24) is 0 Å². The van der Waals surface area contributed by atoms with Gasteiger partial charge in [-0.25, -0.2) is 0 Å². The lowest BCUT2D eigenvalue weighted by Crippen LogP contribution is -2.44. The zero-order chi connectivity index (χ0) is 7.61. The van der Waals surface area contributed by atoms with Crippen LogP contribution in [0.1, 0.15) is 39.0 Å². The molecule has 0 aromatic heterocycles. The maximum absolute atomic E-state index is 9.70. The molecule has 0 aliphatic heterocycles. The Balaban J connectivity index is 2.54. The SMILES string of the molecule is CC[C@@]1(O)CCCCC1O. The maximum Gasteiger partial charge on any atom is 0.0902 e. The Bertz CT molecular complexity index is 114. The number of rotatable bonds is 1. The Labute approximate surface area is 61.9 Å². The fourth-order valence-electron chi connectivity index (χ4n) is 1.62. The van der Waals surface area contributed by atoms with Gasteiger partial charge in [-0.2, -0.15) is 0 Å². The van der Waals surface area contributed by atoms with Crippen molar-refractivity contribution in [3.8, 4) is 0 Å². The van der Waals surface area contributed by atoms with Crippen molar-refractivity contribution >= 4 is 0 Å². The second-order valence-corrected chi connectivity index (χ2v) is 3.22. The third-order valence-corrected chi connectivity index (χ3v) is 2.57. The van der Waals surface area contributed by atoms with Crippen LogP contribution in [0.4, 0.5) is 0 Å². The van der Waals surface area contributed by atoms with Crippen LogP contribution in [0.5, 0.6) is 0 Å². The molecule has 1 aliphatic carbocycles. The first kappa shape index (κ1) is 8.02. The summed E-state index contributed by atoms with van der Waals surface area (Å²) in [5, 5.41) is 19.1. The first-order valence-corrected chi connectivity index (χ1v) is 4.09. The quantitative estimate of drug-likeness (QED) is 0.577. The molecule has 0 heterocycles. The molecule has 0 bridgehead atoms. The van der Waals surface area contributed by atoms with Gasteiger partial charge in [0.05, 0.1) is 11.7 Å². The Morgan fingerprint density at radius 1 is 1.50 bits per heavy atom. The summed E-state index contributed by atoms with van der Waals surface area (Å²) in [6, 6.07) is 0. The molecule has 0 radical (unpaired) electrons. The Morgan fingerprint density at radius 3 is 2.60 bits per heavy atom. The fourth-order valence-corrected chi connectivity index (χ4v) is 1.62. The van der Waals surface area contributed by atoms with Gasteiger partial charge in [0.25, 0.3) is 0 Å². The lowest BCUT2D eigenvalue weighted by molar-refractivity contribution is -0.101. The van der Waals surface area contributed by atoms with Gasteiger partial charge in [-0.1, -0.05) is 19.8 Å². The van der Waals surface area contributed by atoms with E-state index >= 15 is 0 Å². The van der Waals surface area contributed by atoms with Crippen LogP contribution in [0, 0.1) is 0 Å². The van der Waals surface area contributed by atoms with E-state index < -0.39 is 11.7 Å². The van der Waals surface area contributed by atoms with Crippen molar-refractivity contribution in [2.45, 2.75) is 50.7 Å². The third-order valence-electron chi connectivity index (χ3n) is 2.57. The molecule has 2 N–H and O–H groups in total. The molecule has 1 fully saturated rings. The van der Waals surface area contributed by atoms with Gasteiger partial charge < -0.3 is 10.2 Å². The van der Waals surface area contributed by atoms with E-state index in [1.54, 1.807) is 0 Å². The van der Waals surface area contributed by atoms with Crippen LogP contribution < -0.4 is 0 Å². The molecule has 2 atom stereocenters. The van der Waals surface area contributed by atoms with Crippen molar-refractivity contribution in [3.63, 3.8) is 0 Å². The molecule has 2 heteroatoms. The van der Waals surface area contributed by atoms with Crippen LogP contribution in [-0.2, 0) is 0 Å². The van der Waals surface area contributed by atoms with Crippen LogP contribution in [0.2, 0.25) is 0 Å². The van der Waals surface area contributed by atoms with Crippen LogP contribution in [0.3, 0.4) is 0 Å². The number of hydrogen-bond acceptors (Lipinski definition) is 2. The maximum atomic E-state index is 9.70. The summed E-state index contributed by atoms with van der Waals surface area (Å²) in [6.07, 6.45) is 3.85. The van der Waals surface area contributed by atoms with E-state index in [4.69, 9.17) is 0 Å². The molecule has 1 unspecified atom stereocenters. The van der Waals surface area contributed by atoms with Crippen LogP contribution in [0.25, 0.3) is 0 Å². The van der Waals surface area contributed by atoms with Gasteiger partial charge in [-0.05, 0) is 19.3 Å². The van der Waals surface area contributed by atoms with Crippen molar-refractivity contribution in [2.75, 3.05) is 0 Å². The summed E-state index contributed by atoms with van der Waals surface area (Å²) < 4.78 is 0. The first-order valence-electron chi connectivity index (χ1n) is 4.09. The Morgan fingerprint density at radius 2 is 2.20 bits per heavy atom. The highest BCUT2D eigenvalue weighted by atomic mass is 16.3. The van der Waals surface area contributed by atoms with E-state index in [2.05, 4.69) is 0 Å². The second-order valence-electron chi connectivity index (χ2n) is 3.22. The summed E-state index contributed by atoms with van der Waals surface area (Å²) in [4.78, 5) is 0. The molecule has 0 amide bonds. The number of aliphatic hydroxyl groups excluding tert-OH is 1. The average Bonchev–Trinajstić information content (AvgIpc) is 1.96. The topological polar surface area (TPSA) is 40.5 Å². The van der Waals surface area contributed by atoms with E-state index in [0.29, 0.717) is 6.42 Å². The molecule has 10 heavy (non-hydrogen) atoms. The minimum atomic E-state index is -0.766. The Hall–Kier alpha value is -0.0800. The van der Waals surface area contributed by atoms with E-state index in [1.165, 1.54) is 0 Å². The molecule has 0 aromatic carbocycles. The first-order chi connectivity index (χ1) is 4.69. The van der Waals surface area contributed by atoms with Crippen LogP contribution >= 0.6 is 0 Å². The summed E-state index contributed by atoms with van der Waals surface area (Å²) in [5.74, 6) is 0. The van der Waals surface area contributed by atoms with Gasteiger partial charge in [0, 0.05) is 0 Å². The molecule has 0 spiro atoms. The van der Waals surface area contributed by atoms with Crippen molar-refractivity contribution in [3.05, 3.63) is 0 Å². The van der Waals surface area contributed by atoms with Gasteiger partial charge in [0.2, 0.25) is 0 Å². The third kappa shape index (κ3) is 1.32. The summed E-state index contributed by atoms with van der Waals surface area (Å²) in [5.41, 5.74) is -0.766. The highest BCUT2D eigenvalue weighted by Gasteiger charge is 2.35. The number of aliphatic hydroxyl groups is 2. The summed E-state index contributed by atoms with van der Waals surface area (Å²) >= 11 is 0. The molecule has 1 rings (SSSR count). The molecule has 1 aliphatic rings. The molecular formula is C8H16O2. The highest BCUT2D eigenvalue weighted by Crippen LogP contribution is 2.30. The highest BCUT2D eigenvalue weighted by molar-refractivity contribution is 4.88. The van der Waals surface area contributed by atoms with Gasteiger partial charge in [0.15, 0.2) is 0 Å². The Kier molecular flexibility index (Phi) is 2.32. The van der Waals surface area contributed by atoms with Gasteiger partial charge in [-0.15, -0.1) is 0 Å². The number of hydrogen-bond donors (Lipinski definition) is 2. The monoisotopic (exact) mass is 144 g/mol. The van der Waals surface area contributed by atoms with Gasteiger partial charge >= 0.3 is 0 Å². The smallest absolute Gasteiger partial charge is 0.0902 e.